The first-order valence-electron chi connectivity index (χ1n) is 14.6. The van der Waals surface area contributed by atoms with Crippen molar-refractivity contribution in [2.24, 2.45) is 0 Å². The smallest absolute Gasteiger partial charge is 0.310 e. The molecule has 3 aromatic carbocycles. The highest BCUT2D eigenvalue weighted by Gasteiger charge is 2.27. The van der Waals surface area contributed by atoms with E-state index in [4.69, 9.17) is 35.9 Å². The zero-order valence-corrected chi connectivity index (χ0v) is 26.0. The molecule has 0 N–H and O–H groups in total. The van der Waals surface area contributed by atoms with Gasteiger partial charge >= 0.3 is 5.97 Å². The number of methoxy groups -OCH3 is 1. The van der Waals surface area contributed by atoms with Gasteiger partial charge in [-0.3, -0.25) is 4.79 Å². The molecule has 0 unspecified atom stereocenters. The second-order valence-corrected chi connectivity index (χ2v) is 11.0. The van der Waals surface area contributed by atoms with Gasteiger partial charge in [-0.05, 0) is 48.4 Å². The van der Waals surface area contributed by atoms with E-state index >= 15 is 0 Å². The fourth-order valence-corrected chi connectivity index (χ4v) is 6.00. The third-order valence-corrected chi connectivity index (χ3v) is 8.15. The number of benzene rings is 3. The number of fused-ring (bicyclic) bond motifs is 2. The molecular weight excluding hydrogens is 588 g/mol. The molecule has 45 heavy (non-hydrogen) atoms. The minimum absolute atomic E-state index is 0.00976. The molecule has 2 aromatic heterocycles. The van der Waals surface area contributed by atoms with E-state index in [1.54, 1.807) is 10.6 Å². The number of esters is 1. The summed E-state index contributed by atoms with van der Waals surface area (Å²) in [4.78, 5) is 19.6. The molecule has 6 rings (SSSR count). The monoisotopic (exact) mass is 620 g/mol. The van der Waals surface area contributed by atoms with E-state index < -0.39 is 0 Å². The molecule has 3 heterocycles. The Hall–Kier alpha value is -5.08. The van der Waals surface area contributed by atoms with Crippen LogP contribution in [0.5, 0.6) is 11.5 Å². The summed E-state index contributed by atoms with van der Waals surface area (Å²) in [6.45, 7) is 11.8. The van der Waals surface area contributed by atoms with E-state index in [0.717, 1.165) is 33.8 Å². The lowest BCUT2D eigenvalue weighted by Crippen LogP contribution is -2.33. The van der Waals surface area contributed by atoms with Crippen LogP contribution < -0.4 is 14.4 Å². The van der Waals surface area contributed by atoms with Crippen LogP contribution in [-0.2, 0) is 16.0 Å². The quantitative estimate of drug-likeness (QED) is 0.119. The van der Waals surface area contributed by atoms with Gasteiger partial charge in [0.05, 0.1) is 42.2 Å². The Bertz CT molecular complexity index is 1930. The van der Waals surface area contributed by atoms with Gasteiger partial charge in [0, 0.05) is 35.0 Å². The molecule has 228 valence electrons. The molecule has 0 fully saturated rings. The van der Waals surface area contributed by atoms with Gasteiger partial charge in [-0.15, -0.1) is 6.58 Å². The number of nitrogens with zero attached hydrogens (tertiary/aromatic N) is 4. The Balaban J connectivity index is 1.51. The Morgan fingerprint density at radius 2 is 1.82 bits per heavy atom. The van der Waals surface area contributed by atoms with Crippen LogP contribution in [0.2, 0.25) is 5.02 Å². The first-order valence-corrected chi connectivity index (χ1v) is 15.0. The van der Waals surface area contributed by atoms with Crippen molar-refractivity contribution in [3.8, 4) is 45.1 Å². The van der Waals surface area contributed by atoms with Crippen molar-refractivity contribution in [1.29, 1.82) is 0 Å². The summed E-state index contributed by atoms with van der Waals surface area (Å²) in [6.07, 6.45) is 3.57. The van der Waals surface area contributed by atoms with Crippen LogP contribution in [0.3, 0.4) is 0 Å². The highest BCUT2D eigenvalue weighted by atomic mass is 35.5. The van der Waals surface area contributed by atoms with Crippen LogP contribution >= 0.6 is 11.6 Å². The summed E-state index contributed by atoms with van der Waals surface area (Å²) in [6, 6.07) is 21.9. The number of aromatic nitrogens is 3. The average molecular weight is 621 g/mol. The van der Waals surface area contributed by atoms with Crippen molar-refractivity contribution in [3.05, 3.63) is 108 Å². The summed E-state index contributed by atoms with van der Waals surface area (Å²) in [5.41, 5.74) is 7.85. The van der Waals surface area contributed by atoms with E-state index in [2.05, 4.69) is 30.2 Å². The van der Waals surface area contributed by atoms with E-state index in [0.29, 0.717) is 65.2 Å². The summed E-state index contributed by atoms with van der Waals surface area (Å²) in [7, 11) is 1.37. The van der Waals surface area contributed by atoms with Crippen molar-refractivity contribution in [2.75, 3.05) is 38.3 Å². The largest absolute Gasteiger partial charge is 0.490 e. The molecule has 1 aliphatic rings. The maximum atomic E-state index is 12.6. The van der Waals surface area contributed by atoms with Crippen LogP contribution in [0.15, 0.2) is 92.0 Å². The first-order chi connectivity index (χ1) is 21.9. The maximum absolute atomic E-state index is 12.6. The zero-order valence-electron chi connectivity index (χ0n) is 25.3. The van der Waals surface area contributed by atoms with E-state index in [9.17, 15) is 4.79 Å². The second-order valence-electron chi connectivity index (χ2n) is 10.6. The van der Waals surface area contributed by atoms with E-state index in [1.807, 2.05) is 67.6 Å². The number of halogens is 1. The summed E-state index contributed by atoms with van der Waals surface area (Å²) in [5.74, 6) is 1.09. The van der Waals surface area contributed by atoms with Gasteiger partial charge in [0.1, 0.15) is 24.7 Å². The molecule has 0 aliphatic carbocycles. The topological polar surface area (TPSA) is 78.2 Å². The van der Waals surface area contributed by atoms with Crippen molar-refractivity contribution >= 4 is 28.9 Å². The predicted octanol–water partition coefficient (Wildman–Crippen LogP) is 7.36. The summed E-state index contributed by atoms with van der Waals surface area (Å²) < 4.78 is 18.5. The van der Waals surface area contributed by atoms with Gasteiger partial charge in [0.25, 0.3) is 0 Å². The summed E-state index contributed by atoms with van der Waals surface area (Å²) >= 11 is 7.19. The molecule has 0 spiro atoms. The maximum Gasteiger partial charge on any atom is 0.310 e. The normalized spacial score (nSPS) is 12.4. The Morgan fingerprint density at radius 3 is 2.60 bits per heavy atom. The molecule has 5 aromatic rings. The SMILES string of the molecule is C=CCOc1cccc(-c2cccc(-c3cc4nc(C)c(CC(=O)OC)c(-c5ccc6c(c5Cl)N(CC=C)CCO6)n4n3)c2)c1. The van der Waals surface area contributed by atoms with E-state index in [-0.39, 0.29) is 12.4 Å². The number of anilines is 1. The Labute approximate surface area is 267 Å². The Kier molecular flexibility index (Phi) is 8.58. The Morgan fingerprint density at radius 1 is 1.04 bits per heavy atom. The molecule has 0 saturated heterocycles. The fraction of sp³-hybridized carbons (Fsp3) is 0.194. The third kappa shape index (κ3) is 5.89. The number of ether oxygens (including phenoxy) is 3. The molecule has 9 heteroatoms. The van der Waals surface area contributed by atoms with Gasteiger partial charge in [-0.25, -0.2) is 9.50 Å². The molecule has 0 atom stereocenters. The zero-order chi connectivity index (χ0) is 31.5. The van der Waals surface area contributed by atoms with E-state index in [1.165, 1.54) is 7.11 Å². The van der Waals surface area contributed by atoms with Gasteiger partial charge in [0.15, 0.2) is 5.65 Å². The molecule has 8 nitrogen and oxygen atoms in total. The van der Waals surface area contributed by atoms with Crippen LogP contribution in [0, 0.1) is 6.92 Å². The lowest BCUT2D eigenvalue weighted by Gasteiger charge is -2.32. The van der Waals surface area contributed by atoms with Crippen molar-refractivity contribution in [3.63, 3.8) is 0 Å². The minimum atomic E-state index is -0.384. The lowest BCUT2D eigenvalue weighted by molar-refractivity contribution is -0.139. The standard InChI is InChI=1S/C36H33ClN4O4/c1-5-15-40-16-18-45-31-14-13-28(34(37)36(31)40)35-29(21-33(42)43-4)23(3)38-32-22-30(39-41(32)35)26-11-7-9-24(19-26)25-10-8-12-27(20-25)44-17-6-2/h5-14,19-20,22H,1-2,15-18,21H2,3-4H3. The first kappa shape index (κ1) is 30.0. The molecule has 0 saturated carbocycles. The van der Waals surface area contributed by atoms with Crippen molar-refractivity contribution in [2.45, 2.75) is 13.3 Å². The van der Waals surface area contributed by atoms with Gasteiger partial charge < -0.3 is 19.1 Å². The van der Waals surface area contributed by atoms with Gasteiger partial charge in [0.2, 0.25) is 0 Å². The molecule has 0 amide bonds. The van der Waals surface area contributed by atoms with Crippen molar-refractivity contribution < 1.29 is 19.0 Å². The van der Waals surface area contributed by atoms with Gasteiger partial charge in [-0.1, -0.05) is 60.7 Å². The molecular formula is C36H33ClN4O4. The van der Waals surface area contributed by atoms with Crippen LogP contribution in [-0.4, -0.2) is 54.0 Å². The second kappa shape index (κ2) is 12.9. The molecule has 0 bridgehead atoms. The lowest BCUT2D eigenvalue weighted by atomic mass is 10.00. The molecule has 0 radical (unpaired) electrons. The number of rotatable bonds is 10. The minimum Gasteiger partial charge on any atom is -0.490 e. The summed E-state index contributed by atoms with van der Waals surface area (Å²) in [5, 5.41) is 5.55. The van der Waals surface area contributed by atoms with Gasteiger partial charge in [-0.2, -0.15) is 5.10 Å². The number of carbonyl (C=O) groups excluding carboxylic acids is 1. The van der Waals surface area contributed by atoms with Crippen LogP contribution in [0.4, 0.5) is 5.69 Å². The van der Waals surface area contributed by atoms with Crippen LogP contribution in [0.1, 0.15) is 11.3 Å². The number of hydrogen-bond acceptors (Lipinski definition) is 7. The van der Waals surface area contributed by atoms with Crippen molar-refractivity contribution in [1.82, 2.24) is 14.6 Å². The number of hydrogen-bond donors (Lipinski definition) is 0. The fourth-order valence-electron chi connectivity index (χ4n) is 5.64. The van der Waals surface area contributed by atoms with Crippen LogP contribution in [0.25, 0.3) is 39.3 Å². The number of carbonyl (C=O) groups is 1. The highest BCUT2D eigenvalue weighted by molar-refractivity contribution is 6.36. The molecule has 1 aliphatic heterocycles. The highest BCUT2D eigenvalue weighted by Crippen LogP contribution is 2.45. The predicted molar refractivity (Wildman–Crippen MR) is 178 cm³/mol. The average Bonchev–Trinajstić information content (AvgIpc) is 3.48. The third-order valence-electron chi connectivity index (χ3n) is 7.77. The number of aryl methyl sites for hydroxylation is 1.